The minimum absolute atomic E-state index is 0.621. The monoisotopic (exact) mass is 676 g/mol. The van der Waals surface area contributed by atoms with Crippen molar-refractivity contribution in [3.8, 4) is 51.0 Å². The van der Waals surface area contributed by atoms with Gasteiger partial charge in [0.05, 0.1) is 28.4 Å². The Balaban J connectivity index is 1.45. The maximum atomic E-state index is 7.50. The van der Waals surface area contributed by atoms with E-state index in [-0.39, 0.29) is 0 Å². The molecule has 1 atom stereocenters. The molecule has 6 heteroatoms. The smallest absolute Gasteiger partial charge is 0.178 e. The first-order chi connectivity index (χ1) is 24.9. The van der Waals surface area contributed by atoms with Gasteiger partial charge in [-0.25, -0.2) is 0 Å². The Kier molecular flexibility index (Phi) is 8.00. The summed E-state index contributed by atoms with van der Waals surface area (Å²) in [7, 11) is 8.50. The fraction of sp³-hybridized carbons (Fsp3) is 0.200. The number of fused-ring (bicyclic) bond motifs is 8. The Morgan fingerprint density at radius 2 is 1.22 bits per heavy atom. The van der Waals surface area contributed by atoms with Crippen LogP contribution in [0, 0.1) is 0 Å². The van der Waals surface area contributed by atoms with E-state index in [2.05, 4.69) is 91.9 Å². The molecule has 0 radical (unpaired) electrons. The molecular formula is C45H40O6. The van der Waals surface area contributed by atoms with Gasteiger partial charge in [-0.3, -0.25) is 0 Å². The van der Waals surface area contributed by atoms with Gasteiger partial charge in [-0.05, 0) is 88.2 Å². The van der Waals surface area contributed by atoms with Gasteiger partial charge in [-0.15, -0.1) is 0 Å². The van der Waals surface area contributed by atoms with Gasteiger partial charge in [-0.2, -0.15) is 0 Å². The van der Waals surface area contributed by atoms with E-state index in [0.29, 0.717) is 17.9 Å². The lowest BCUT2D eigenvalue weighted by atomic mass is 9.79. The fourth-order valence-corrected chi connectivity index (χ4v) is 8.08. The first-order valence-electron chi connectivity index (χ1n) is 17.1. The molecule has 51 heavy (non-hydrogen) atoms. The third-order valence-electron chi connectivity index (χ3n) is 10.7. The van der Waals surface area contributed by atoms with Crippen LogP contribution >= 0.6 is 0 Å². The van der Waals surface area contributed by atoms with E-state index >= 15 is 0 Å². The second-order valence-corrected chi connectivity index (χ2v) is 12.9. The highest BCUT2D eigenvalue weighted by molar-refractivity contribution is 6.09. The summed E-state index contributed by atoms with van der Waals surface area (Å²) in [5, 5.41) is 1.91. The number of benzene rings is 6. The first kappa shape index (κ1) is 32.5. The lowest BCUT2D eigenvalue weighted by molar-refractivity contribution is 0.0220. The molecule has 1 unspecified atom stereocenters. The predicted octanol–water partition coefficient (Wildman–Crippen LogP) is 10.2. The summed E-state index contributed by atoms with van der Waals surface area (Å²) in [6.45, 7) is 2.19. The zero-order chi connectivity index (χ0) is 35.3. The molecule has 1 aliphatic carbocycles. The van der Waals surface area contributed by atoms with Gasteiger partial charge in [0.2, 0.25) is 0 Å². The highest BCUT2D eigenvalue weighted by atomic mass is 16.5. The third kappa shape index (κ3) is 4.81. The van der Waals surface area contributed by atoms with Gasteiger partial charge >= 0.3 is 0 Å². The van der Waals surface area contributed by atoms with Gasteiger partial charge in [-0.1, -0.05) is 79.7 Å². The summed E-state index contributed by atoms with van der Waals surface area (Å²) in [5.41, 5.74) is 7.90. The maximum Gasteiger partial charge on any atom is 0.178 e. The molecule has 2 aliphatic rings. The van der Waals surface area contributed by atoms with E-state index in [1.54, 1.807) is 28.4 Å². The molecule has 6 nitrogen and oxygen atoms in total. The van der Waals surface area contributed by atoms with Crippen LogP contribution in [0.15, 0.2) is 115 Å². The average molecular weight is 677 g/mol. The Morgan fingerprint density at radius 1 is 0.608 bits per heavy atom. The molecular weight excluding hydrogens is 636 g/mol. The van der Waals surface area contributed by atoms with Gasteiger partial charge < -0.3 is 28.4 Å². The SMILES string of the molecule is CCC1(OC)c2cc(-c3ccccc3)ccc2-c2c1c1c(c3cc(OC)c(OC)cc23)OC(c2ccc(OC)cc2)(c2ccc(OC)cc2)C=C1. The van der Waals surface area contributed by atoms with Crippen LogP contribution in [0.3, 0.4) is 0 Å². The minimum atomic E-state index is -0.978. The average Bonchev–Trinajstić information content (AvgIpc) is 3.50. The molecule has 0 fully saturated rings. The van der Waals surface area contributed by atoms with Crippen molar-refractivity contribution >= 4 is 16.8 Å². The molecule has 0 spiro atoms. The van der Waals surface area contributed by atoms with Crippen molar-refractivity contribution in [1.29, 1.82) is 0 Å². The number of hydrogen-bond donors (Lipinski definition) is 0. The number of rotatable bonds is 9. The summed E-state index contributed by atoms with van der Waals surface area (Å²) < 4.78 is 37.1. The predicted molar refractivity (Wildman–Crippen MR) is 202 cm³/mol. The molecule has 0 amide bonds. The summed E-state index contributed by atoms with van der Waals surface area (Å²) in [6, 6.07) is 37.4. The fourth-order valence-electron chi connectivity index (χ4n) is 8.08. The molecule has 0 bridgehead atoms. The van der Waals surface area contributed by atoms with E-state index < -0.39 is 11.2 Å². The summed E-state index contributed by atoms with van der Waals surface area (Å²) in [5.74, 6) is 3.54. The van der Waals surface area contributed by atoms with Crippen molar-refractivity contribution < 1.29 is 28.4 Å². The molecule has 0 aromatic heterocycles. The van der Waals surface area contributed by atoms with Gasteiger partial charge in [0, 0.05) is 34.7 Å². The van der Waals surface area contributed by atoms with E-state index in [9.17, 15) is 0 Å². The van der Waals surface area contributed by atoms with Crippen molar-refractivity contribution in [2.24, 2.45) is 0 Å². The van der Waals surface area contributed by atoms with E-state index in [4.69, 9.17) is 28.4 Å². The number of ether oxygens (including phenoxy) is 6. The molecule has 256 valence electrons. The highest BCUT2D eigenvalue weighted by Gasteiger charge is 2.48. The molecule has 0 saturated carbocycles. The van der Waals surface area contributed by atoms with Crippen LogP contribution in [0.25, 0.3) is 39.1 Å². The quantitative estimate of drug-likeness (QED) is 0.152. The van der Waals surface area contributed by atoms with E-state index in [0.717, 1.165) is 78.1 Å². The zero-order valence-electron chi connectivity index (χ0n) is 29.7. The van der Waals surface area contributed by atoms with Crippen molar-refractivity contribution in [2.75, 3.05) is 35.5 Å². The highest BCUT2D eigenvalue weighted by Crippen LogP contribution is 2.61. The van der Waals surface area contributed by atoms with Crippen LogP contribution in [-0.2, 0) is 15.9 Å². The lowest BCUT2D eigenvalue weighted by Crippen LogP contribution is -2.35. The van der Waals surface area contributed by atoms with Crippen LogP contribution < -0.4 is 23.7 Å². The van der Waals surface area contributed by atoms with Crippen molar-refractivity contribution in [1.82, 2.24) is 0 Å². The Labute approximate surface area is 298 Å². The minimum Gasteiger partial charge on any atom is -0.497 e. The van der Waals surface area contributed by atoms with Crippen molar-refractivity contribution in [2.45, 2.75) is 24.5 Å². The Morgan fingerprint density at radius 3 is 1.76 bits per heavy atom. The van der Waals surface area contributed by atoms with Crippen molar-refractivity contribution in [3.63, 3.8) is 0 Å². The number of hydrogen-bond acceptors (Lipinski definition) is 6. The molecule has 6 aromatic rings. The van der Waals surface area contributed by atoms with E-state index in [1.165, 1.54) is 0 Å². The third-order valence-corrected chi connectivity index (χ3v) is 10.7. The van der Waals surface area contributed by atoms with Gasteiger partial charge in [0.25, 0.3) is 0 Å². The second-order valence-electron chi connectivity index (χ2n) is 12.9. The normalized spacial score (nSPS) is 16.5. The van der Waals surface area contributed by atoms with E-state index in [1.807, 2.05) is 43.5 Å². The second kappa shape index (κ2) is 12.6. The summed E-state index contributed by atoms with van der Waals surface area (Å²) in [6.07, 6.45) is 5.10. The molecule has 1 heterocycles. The van der Waals surface area contributed by atoms with Crippen molar-refractivity contribution in [3.05, 3.63) is 143 Å². The Bertz CT molecular complexity index is 2240. The molecule has 6 aromatic carbocycles. The summed E-state index contributed by atoms with van der Waals surface area (Å²) in [4.78, 5) is 0. The molecule has 0 N–H and O–H groups in total. The van der Waals surface area contributed by atoms with Crippen LogP contribution in [0.2, 0.25) is 0 Å². The number of methoxy groups -OCH3 is 5. The van der Waals surface area contributed by atoms with Crippen LogP contribution in [0.4, 0.5) is 0 Å². The zero-order valence-corrected chi connectivity index (χ0v) is 29.7. The Hall–Kier alpha value is -5.72. The molecule has 8 rings (SSSR count). The summed E-state index contributed by atoms with van der Waals surface area (Å²) >= 11 is 0. The molecule has 0 saturated heterocycles. The standard InChI is InChI=1S/C45H40O6/c1-7-44(50-6)38-25-29(28-11-9-8-10-12-28)13-22-34(38)41-36-26-39(48-4)40(49-5)27-37(36)43-35(42(41)44)23-24-45(51-43,30-14-18-32(46-2)19-15-30)31-16-20-33(47-3)21-17-31/h8-27H,7H2,1-6H3. The topological polar surface area (TPSA) is 55.4 Å². The largest absolute Gasteiger partial charge is 0.497 e. The van der Waals surface area contributed by atoms with Gasteiger partial charge in [0.15, 0.2) is 17.1 Å². The maximum absolute atomic E-state index is 7.50. The first-order valence-corrected chi connectivity index (χ1v) is 17.1. The molecule has 1 aliphatic heterocycles. The van der Waals surface area contributed by atoms with Crippen LogP contribution in [0.1, 0.15) is 41.2 Å². The van der Waals surface area contributed by atoms with Crippen LogP contribution in [0.5, 0.6) is 28.7 Å². The lowest BCUT2D eigenvalue weighted by Gasteiger charge is -2.39. The van der Waals surface area contributed by atoms with Gasteiger partial charge in [0.1, 0.15) is 22.8 Å². The van der Waals surface area contributed by atoms with Crippen LogP contribution in [-0.4, -0.2) is 35.5 Å².